The van der Waals surface area contributed by atoms with E-state index in [9.17, 15) is 5.11 Å². The first kappa shape index (κ1) is 13.9. The van der Waals surface area contributed by atoms with Gasteiger partial charge in [-0.05, 0) is 44.5 Å². The highest BCUT2D eigenvalue weighted by molar-refractivity contribution is 6.28. The number of halogens is 1. The number of pyridine rings is 1. The molecule has 0 atom stereocenters. The van der Waals surface area contributed by atoms with Gasteiger partial charge in [-0.2, -0.15) is 4.98 Å². The number of hydrogen-bond acceptors (Lipinski definition) is 5. The summed E-state index contributed by atoms with van der Waals surface area (Å²) in [5.74, 6) is 1.35. The molecule has 0 saturated carbocycles. The molecule has 3 aromatic heterocycles. The van der Waals surface area contributed by atoms with Gasteiger partial charge in [0.1, 0.15) is 22.8 Å². The lowest BCUT2D eigenvalue weighted by molar-refractivity contribution is 0.0738. The zero-order valence-electron chi connectivity index (χ0n) is 11.9. The van der Waals surface area contributed by atoms with Gasteiger partial charge in [-0.15, -0.1) is 0 Å². The Bertz CT molecular complexity index is 822. The van der Waals surface area contributed by atoms with E-state index in [4.69, 9.17) is 11.6 Å². The fraction of sp³-hybridized carbons (Fsp3) is 0.286. The van der Waals surface area contributed by atoms with Gasteiger partial charge in [-0.25, -0.2) is 15.0 Å². The van der Waals surface area contributed by atoms with E-state index < -0.39 is 5.60 Å². The third-order valence-electron chi connectivity index (χ3n) is 3.13. The standard InChI is InChI=1S/C14H14ClN5O/c1-8-17-9-7-16-13(15)19-12(9)20(8)11-6-4-5-10(18-11)14(2,3)21/h4-7,21H,1-3H3. The molecule has 0 aliphatic carbocycles. The molecular weight excluding hydrogens is 290 g/mol. The minimum absolute atomic E-state index is 0.155. The second-order valence-corrected chi connectivity index (χ2v) is 5.62. The molecule has 0 saturated heterocycles. The molecule has 7 heteroatoms. The molecule has 0 aromatic carbocycles. The second-order valence-electron chi connectivity index (χ2n) is 5.28. The fourth-order valence-electron chi connectivity index (χ4n) is 2.13. The molecule has 0 spiro atoms. The molecule has 0 aliphatic rings. The molecular formula is C14H14ClN5O. The van der Waals surface area contributed by atoms with Crippen LogP contribution in [-0.4, -0.2) is 29.6 Å². The average molecular weight is 304 g/mol. The summed E-state index contributed by atoms with van der Waals surface area (Å²) in [5, 5.41) is 10.3. The molecule has 0 radical (unpaired) electrons. The van der Waals surface area contributed by atoms with Crippen LogP contribution in [0.1, 0.15) is 25.4 Å². The number of rotatable bonds is 2. The Morgan fingerprint density at radius 2 is 1.95 bits per heavy atom. The third-order valence-corrected chi connectivity index (χ3v) is 3.31. The molecule has 108 valence electrons. The largest absolute Gasteiger partial charge is 0.384 e. The van der Waals surface area contributed by atoms with Crippen molar-refractivity contribution in [2.45, 2.75) is 26.4 Å². The van der Waals surface area contributed by atoms with Crippen molar-refractivity contribution in [1.82, 2.24) is 24.5 Å². The fourth-order valence-corrected chi connectivity index (χ4v) is 2.26. The van der Waals surface area contributed by atoms with Crippen LogP contribution in [0.15, 0.2) is 24.4 Å². The van der Waals surface area contributed by atoms with Crippen LogP contribution in [0.3, 0.4) is 0 Å². The van der Waals surface area contributed by atoms with Gasteiger partial charge in [0, 0.05) is 0 Å². The Kier molecular flexibility index (Phi) is 3.15. The molecule has 6 nitrogen and oxygen atoms in total. The van der Waals surface area contributed by atoms with Gasteiger partial charge in [0.2, 0.25) is 5.28 Å². The summed E-state index contributed by atoms with van der Waals surface area (Å²) in [6, 6.07) is 5.45. The SMILES string of the molecule is Cc1nc2cnc(Cl)nc2n1-c1cccc(C(C)(C)O)n1. The van der Waals surface area contributed by atoms with E-state index in [0.717, 1.165) is 5.82 Å². The van der Waals surface area contributed by atoms with Crippen LogP contribution in [0.2, 0.25) is 5.28 Å². The van der Waals surface area contributed by atoms with Crippen LogP contribution in [0.5, 0.6) is 0 Å². The molecule has 21 heavy (non-hydrogen) atoms. The van der Waals surface area contributed by atoms with Gasteiger partial charge in [-0.1, -0.05) is 6.07 Å². The highest BCUT2D eigenvalue weighted by Crippen LogP contribution is 2.22. The molecule has 0 fully saturated rings. The number of nitrogens with zero attached hydrogens (tertiary/aromatic N) is 5. The summed E-state index contributed by atoms with van der Waals surface area (Å²) < 4.78 is 1.79. The van der Waals surface area contributed by atoms with Crippen molar-refractivity contribution in [2.24, 2.45) is 0 Å². The number of aromatic nitrogens is 5. The van der Waals surface area contributed by atoms with Crippen molar-refractivity contribution in [3.8, 4) is 5.82 Å². The maximum absolute atomic E-state index is 10.1. The third kappa shape index (κ3) is 2.48. The number of imidazole rings is 1. The average Bonchev–Trinajstić information content (AvgIpc) is 2.73. The maximum Gasteiger partial charge on any atom is 0.224 e. The van der Waals surface area contributed by atoms with Crippen LogP contribution in [0.25, 0.3) is 17.0 Å². The zero-order valence-corrected chi connectivity index (χ0v) is 12.6. The number of aliphatic hydroxyl groups is 1. The molecule has 0 unspecified atom stereocenters. The maximum atomic E-state index is 10.1. The molecule has 3 aromatic rings. The predicted molar refractivity (Wildman–Crippen MR) is 79.4 cm³/mol. The topological polar surface area (TPSA) is 76.7 Å². The van der Waals surface area contributed by atoms with Crippen LogP contribution in [0.4, 0.5) is 0 Å². The minimum Gasteiger partial charge on any atom is -0.384 e. The molecule has 3 heterocycles. The summed E-state index contributed by atoms with van der Waals surface area (Å²) >= 11 is 5.87. The van der Waals surface area contributed by atoms with Crippen molar-refractivity contribution in [2.75, 3.05) is 0 Å². The smallest absolute Gasteiger partial charge is 0.224 e. The van der Waals surface area contributed by atoms with E-state index in [-0.39, 0.29) is 5.28 Å². The van der Waals surface area contributed by atoms with E-state index >= 15 is 0 Å². The first-order valence-electron chi connectivity index (χ1n) is 6.44. The lowest BCUT2D eigenvalue weighted by atomic mass is 10.1. The van der Waals surface area contributed by atoms with Crippen LogP contribution in [0, 0.1) is 6.92 Å². The van der Waals surface area contributed by atoms with E-state index in [1.165, 1.54) is 0 Å². The zero-order chi connectivity index (χ0) is 15.2. The second kappa shape index (κ2) is 4.75. The Labute approximate surface area is 126 Å². The first-order valence-corrected chi connectivity index (χ1v) is 6.82. The first-order chi connectivity index (χ1) is 9.86. The lowest BCUT2D eigenvalue weighted by Crippen LogP contribution is -2.18. The van der Waals surface area contributed by atoms with Crippen molar-refractivity contribution in [1.29, 1.82) is 0 Å². The van der Waals surface area contributed by atoms with E-state index in [1.54, 1.807) is 30.7 Å². The van der Waals surface area contributed by atoms with E-state index in [0.29, 0.717) is 22.7 Å². The monoisotopic (exact) mass is 303 g/mol. The Morgan fingerprint density at radius 3 is 2.67 bits per heavy atom. The van der Waals surface area contributed by atoms with E-state index in [1.807, 2.05) is 19.1 Å². The van der Waals surface area contributed by atoms with Gasteiger partial charge in [0.25, 0.3) is 0 Å². The quantitative estimate of drug-likeness (QED) is 0.736. The van der Waals surface area contributed by atoms with Gasteiger partial charge in [0.05, 0.1) is 11.9 Å². The summed E-state index contributed by atoms with van der Waals surface area (Å²) in [5.41, 5.74) is 0.786. The highest BCUT2D eigenvalue weighted by atomic mass is 35.5. The van der Waals surface area contributed by atoms with Crippen LogP contribution < -0.4 is 0 Å². The van der Waals surface area contributed by atoms with Crippen molar-refractivity contribution in [3.63, 3.8) is 0 Å². The van der Waals surface area contributed by atoms with Gasteiger partial charge < -0.3 is 5.11 Å². The van der Waals surface area contributed by atoms with Gasteiger partial charge in [-0.3, -0.25) is 4.57 Å². The predicted octanol–water partition coefficient (Wildman–Crippen LogP) is 2.40. The van der Waals surface area contributed by atoms with E-state index in [2.05, 4.69) is 19.9 Å². The van der Waals surface area contributed by atoms with Crippen LogP contribution in [-0.2, 0) is 5.60 Å². The number of aryl methyl sites for hydroxylation is 1. The molecule has 0 aliphatic heterocycles. The number of fused-ring (bicyclic) bond motifs is 1. The van der Waals surface area contributed by atoms with Crippen molar-refractivity contribution < 1.29 is 5.11 Å². The lowest BCUT2D eigenvalue weighted by Gasteiger charge is -2.17. The summed E-state index contributed by atoms with van der Waals surface area (Å²) in [6.07, 6.45) is 1.58. The normalized spacial score (nSPS) is 12.0. The van der Waals surface area contributed by atoms with Crippen molar-refractivity contribution in [3.05, 3.63) is 41.2 Å². The van der Waals surface area contributed by atoms with Crippen LogP contribution >= 0.6 is 11.6 Å². The Balaban J connectivity index is 2.25. The summed E-state index contributed by atoms with van der Waals surface area (Å²) in [4.78, 5) is 17.0. The number of hydrogen-bond donors (Lipinski definition) is 1. The molecule has 1 N–H and O–H groups in total. The molecule has 0 amide bonds. The molecule has 3 rings (SSSR count). The summed E-state index contributed by atoms with van der Waals surface area (Å²) in [6.45, 7) is 5.24. The van der Waals surface area contributed by atoms with Crippen molar-refractivity contribution >= 4 is 22.8 Å². The Hall–Kier alpha value is -2.05. The van der Waals surface area contributed by atoms with Gasteiger partial charge in [0.15, 0.2) is 5.65 Å². The Morgan fingerprint density at radius 1 is 1.19 bits per heavy atom. The van der Waals surface area contributed by atoms with Gasteiger partial charge >= 0.3 is 0 Å². The summed E-state index contributed by atoms with van der Waals surface area (Å²) in [7, 11) is 0. The molecule has 0 bridgehead atoms. The highest BCUT2D eigenvalue weighted by Gasteiger charge is 2.19. The minimum atomic E-state index is -1.02.